The number of aryl methyl sites for hydroxylation is 1. The Labute approximate surface area is 172 Å². The number of imidazole rings is 1. The Morgan fingerprint density at radius 3 is 2.63 bits per heavy atom. The first-order chi connectivity index (χ1) is 14.4. The highest BCUT2D eigenvalue weighted by Crippen LogP contribution is 2.39. The van der Waals surface area contributed by atoms with Crippen LogP contribution in [0.3, 0.4) is 0 Å². The highest BCUT2D eigenvalue weighted by atomic mass is 16.3. The molecule has 6 N–H and O–H groups in total. The van der Waals surface area contributed by atoms with Crippen molar-refractivity contribution in [2.45, 2.75) is 69.0 Å². The Morgan fingerprint density at radius 2 is 1.93 bits per heavy atom. The van der Waals surface area contributed by atoms with E-state index in [-0.39, 0.29) is 17.9 Å². The fraction of sp³-hybridized carbons (Fsp3) is 0.579. The number of nitrogens with two attached hydrogens (primary N) is 1. The maximum absolute atomic E-state index is 10.8. The minimum atomic E-state index is -1.01. The second-order valence-electron chi connectivity index (χ2n) is 8.35. The number of nitrogens with one attached hydrogen (secondary N) is 1. The van der Waals surface area contributed by atoms with E-state index >= 15 is 0 Å². The molecule has 0 radical (unpaired) electrons. The molecule has 160 valence electrons. The third-order valence-electron chi connectivity index (χ3n) is 6.29. The van der Waals surface area contributed by atoms with E-state index in [0.29, 0.717) is 23.5 Å². The van der Waals surface area contributed by atoms with Gasteiger partial charge in [-0.2, -0.15) is 15.1 Å². The monoisotopic (exact) mass is 414 g/mol. The first-order valence-electron chi connectivity index (χ1n) is 10.2. The first-order valence-corrected chi connectivity index (χ1v) is 10.2. The molecule has 0 unspecified atom stereocenters. The third-order valence-corrected chi connectivity index (χ3v) is 6.29. The van der Waals surface area contributed by atoms with E-state index < -0.39 is 24.4 Å². The number of hydrogen-bond donors (Lipinski definition) is 5. The van der Waals surface area contributed by atoms with Crippen LogP contribution in [-0.2, 0) is 0 Å². The van der Waals surface area contributed by atoms with Gasteiger partial charge in [-0.05, 0) is 38.2 Å². The summed E-state index contributed by atoms with van der Waals surface area (Å²) in [6.07, 6.45) is 5.69. The van der Waals surface area contributed by atoms with Gasteiger partial charge in [-0.1, -0.05) is 0 Å². The van der Waals surface area contributed by atoms with Crippen LogP contribution in [0.5, 0.6) is 0 Å². The van der Waals surface area contributed by atoms with Crippen molar-refractivity contribution < 1.29 is 15.3 Å². The van der Waals surface area contributed by atoms with Gasteiger partial charge < -0.3 is 30.9 Å². The van der Waals surface area contributed by atoms with Crippen molar-refractivity contribution in [1.29, 1.82) is 0 Å². The number of fused-ring (bicyclic) bond motifs is 1. The molecule has 2 fully saturated rings. The zero-order valence-corrected chi connectivity index (χ0v) is 16.6. The van der Waals surface area contributed by atoms with Crippen molar-refractivity contribution in [3.8, 4) is 0 Å². The molecule has 30 heavy (non-hydrogen) atoms. The number of anilines is 2. The molecule has 3 heterocycles. The molecule has 11 heteroatoms. The van der Waals surface area contributed by atoms with Gasteiger partial charge in [0.1, 0.15) is 17.7 Å². The van der Waals surface area contributed by atoms with E-state index in [4.69, 9.17) is 5.73 Å². The second-order valence-corrected chi connectivity index (χ2v) is 8.35. The predicted octanol–water partition coefficient (Wildman–Crippen LogP) is 0.147. The molecule has 2 saturated carbocycles. The van der Waals surface area contributed by atoms with Crippen LogP contribution in [0.25, 0.3) is 11.2 Å². The van der Waals surface area contributed by atoms with Gasteiger partial charge in [0.2, 0.25) is 5.95 Å². The van der Waals surface area contributed by atoms with Crippen LogP contribution in [0.2, 0.25) is 0 Å². The van der Waals surface area contributed by atoms with Crippen molar-refractivity contribution >= 4 is 22.9 Å². The average Bonchev–Trinajstić information content (AvgIpc) is 3.47. The van der Waals surface area contributed by atoms with Crippen LogP contribution < -0.4 is 11.1 Å². The quantitative estimate of drug-likeness (QED) is 0.400. The zero-order chi connectivity index (χ0) is 21.0. The minimum Gasteiger partial charge on any atom is -0.391 e. The molecular formula is C19H26N8O3. The number of hydrogen-bond acceptors (Lipinski definition) is 9. The third kappa shape index (κ3) is 3.09. The molecule has 11 nitrogen and oxygen atoms in total. The molecule has 3 aromatic heterocycles. The fourth-order valence-corrected chi connectivity index (χ4v) is 4.66. The Bertz CT molecular complexity index is 1070. The van der Waals surface area contributed by atoms with Crippen molar-refractivity contribution in [2.75, 3.05) is 11.1 Å². The summed E-state index contributed by atoms with van der Waals surface area (Å²) in [5.74, 6) is 0.543. The van der Waals surface area contributed by atoms with Crippen LogP contribution in [0.1, 0.15) is 43.3 Å². The lowest BCUT2D eigenvalue weighted by molar-refractivity contribution is 0.00722. The molecule has 0 saturated heterocycles. The first kappa shape index (κ1) is 19.2. The van der Waals surface area contributed by atoms with Crippen molar-refractivity contribution in [3.05, 3.63) is 24.3 Å². The average molecular weight is 414 g/mol. The largest absolute Gasteiger partial charge is 0.391 e. The second kappa shape index (κ2) is 7.18. The Morgan fingerprint density at radius 1 is 1.13 bits per heavy atom. The van der Waals surface area contributed by atoms with Gasteiger partial charge >= 0.3 is 0 Å². The summed E-state index contributed by atoms with van der Waals surface area (Å²) < 4.78 is 3.44. The van der Waals surface area contributed by atoms with Gasteiger partial charge in [0.25, 0.3) is 0 Å². The molecule has 5 rings (SSSR count). The van der Waals surface area contributed by atoms with Gasteiger partial charge in [0.15, 0.2) is 11.5 Å². The smallest absolute Gasteiger partial charge is 0.227 e. The SMILES string of the molecule is Cc1cnn([C@H]2C[C@@H](n3cnc4c(N)nc(N[C@@H]5CCC[C@H]5O)nc43)[C@H](O)[C@@H]2O)c1. The summed E-state index contributed by atoms with van der Waals surface area (Å²) in [6.45, 7) is 1.93. The number of aliphatic hydroxyl groups excluding tert-OH is 3. The van der Waals surface area contributed by atoms with Gasteiger partial charge in [-0.25, -0.2) is 4.98 Å². The summed E-state index contributed by atoms with van der Waals surface area (Å²) in [5.41, 5.74) is 8.01. The van der Waals surface area contributed by atoms with Crippen molar-refractivity contribution in [3.63, 3.8) is 0 Å². The minimum absolute atomic E-state index is 0.121. The number of aliphatic hydroxyl groups is 3. The summed E-state index contributed by atoms with van der Waals surface area (Å²) in [4.78, 5) is 13.2. The molecule has 0 spiro atoms. The van der Waals surface area contributed by atoms with E-state index in [2.05, 4.69) is 25.4 Å². The number of nitrogen functional groups attached to an aromatic ring is 1. The summed E-state index contributed by atoms with van der Waals surface area (Å²) in [6, 6.07) is -0.926. The molecule has 0 bridgehead atoms. The Balaban J connectivity index is 1.48. The molecule has 0 aliphatic heterocycles. The van der Waals surface area contributed by atoms with E-state index in [1.54, 1.807) is 21.8 Å². The lowest BCUT2D eigenvalue weighted by Gasteiger charge is -2.19. The molecule has 6 atom stereocenters. The zero-order valence-electron chi connectivity index (χ0n) is 16.6. The molecular weight excluding hydrogens is 388 g/mol. The van der Waals surface area contributed by atoms with Crippen LogP contribution in [0.4, 0.5) is 11.8 Å². The highest BCUT2D eigenvalue weighted by Gasteiger charge is 2.44. The van der Waals surface area contributed by atoms with Crippen LogP contribution in [-0.4, -0.2) is 69.0 Å². The van der Waals surface area contributed by atoms with E-state index in [1.807, 2.05) is 13.1 Å². The molecule has 0 aromatic carbocycles. The molecule has 0 amide bonds. The Kier molecular flexibility index (Phi) is 4.60. The molecule has 2 aliphatic rings. The lowest BCUT2D eigenvalue weighted by atomic mass is 10.2. The summed E-state index contributed by atoms with van der Waals surface area (Å²) in [5, 5.41) is 39.0. The van der Waals surface area contributed by atoms with Crippen LogP contribution in [0.15, 0.2) is 18.7 Å². The van der Waals surface area contributed by atoms with E-state index in [9.17, 15) is 15.3 Å². The van der Waals surface area contributed by atoms with Gasteiger partial charge in [0, 0.05) is 6.20 Å². The van der Waals surface area contributed by atoms with E-state index in [1.165, 1.54) is 0 Å². The van der Waals surface area contributed by atoms with Crippen molar-refractivity contribution in [1.82, 2.24) is 29.3 Å². The normalized spacial score (nSPS) is 31.6. The van der Waals surface area contributed by atoms with E-state index in [0.717, 1.165) is 24.8 Å². The van der Waals surface area contributed by atoms with Crippen molar-refractivity contribution in [2.24, 2.45) is 0 Å². The van der Waals surface area contributed by atoms with Crippen LogP contribution in [0, 0.1) is 6.92 Å². The fourth-order valence-electron chi connectivity index (χ4n) is 4.66. The number of aromatic nitrogens is 6. The number of nitrogens with zero attached hydrogens (tertiary/aromatic N) is 6. The summed E-state index contributed by atoms with van der Waals surface area (Å²) >= 11 is 0. The summed E-state index contributed by atoms with van der Waals surface area (Å²) in [7, 11) is 0. The van der Waals surface area contributed by atoms with Gasteiger partial charge in [0.05, 0.1) is 36.8 Å². The highest BCUT2D eigenvalue weighted by molar-refractivity contribution is 5.83. The maximum atomic E-state index is 10.8. The lowest BCUT2D eigenvalue weighted by Crippen LogP contribution is -2.30. The molecule has 2 aliphatic carbocycles. The molecule has 3 aromatic rings. The maximum Gasteiger partial charge on any atom is 0.227 e. The Hall–Kier alpha value is -2.76. The van der Waals surface area contributed by atoms with Crippen LogP contribution >= 0.6 is 0 Å². The van der Waals surface area contributed by atoms with Gasteiger partial charge in [-0.3, -0.25) is 4.68 Å². The van der Waals surface area contributed by atoms with Gasteiger partial charge in [-0.15, -0.1) is 0 Å². The topological polar surface area (TPSA) is 160 Å². The number of rotatable bonds is 4. The predicted molar refractivity (Wildman–Crippen MR) is 109 cm³/mol. The standard InChI is InChI=1S/C19H26N8O3/c1-9-6-22-27(7-9)12-5-11(15(29)16(12)30)26-8-21-14-17(20)24-19(25-18(14)26)23-10-3-2-4-13(10)28/h6-8,10-13,15-16,28-30H,2-5H2,1H3,(H3,20,23,24,25)/t10-,11-,12+,13-,15+,16-/m1/s1.